The van der Waals surface area contributed by atoms with Gasteiger partial charge in [0.1, 0.15) is 23.0 Å². The van der Waals surface area contributed by atoms with Crippen LogP contribution in [-0.2, 0) is 10.3 Å². The molecule has 0 atom stereocenters. The monoisotopic (exact) mass is 417 g/mol. The molecule has 0 aliphatic carbocycles. The number of hydrogen-bond donors (Lipinski definition) is 3. The molecule has 0 radical (unpaired) electrons. The summed E-state index contributed by atoms with van der Waals surface area (Å²) in [5, 5.41) is 22.7. The Labute approximate surface area is 177 Å². The average molecular weight is 417 g/mol. The third-order valence-corrected chi connectivity index (χ3v) is 5.57. The van der Waals surface area contributed by atoms with Gasteiger partial charge in [-0.15, -0.1) is 0 Å². The summed E-state index contributed by atoms with van der Waals surface area (Å²) in [6.07, 6.45) is 0.801. The quantitative estimate of drug-likeness (QED) is 0.560. The van der Waals surface area contributed by atoms with E-state index >= 15 is 0 Å². The lowest BCUT2D eigenvalue weighted by Crippen LogP contribution is -2.33. The van der Waals surface area contributed by atoms with Crippen molar-refractivity contribution in [3.63, 3.8) is 0 Å². The first kappa shape index (κ1) is 19.0. The van der Waals surface area contributed by atoms with Gasteiger partial charge in [0.2, 0.25) is 0 Å². The van der Waals surface area contributed by atoms with Gasteiger partial charge in [-0.1, -0.05) is 13.0 Å². The maximum atomic E-state index is 13.0. The fourth-order valence-corrected chi connectivity index (χ4v) is 4.19. The number of phenols is 2. The summed E-state index contributed by atoms with van der Waals surface area (Å²) in [5.74, 6) is -0.233. The van der Waals surface area contributed by atoms with Crippen molar-refractivity contribution in [2.24, 2.45) is 0 Å². The number of carbonyl (C=O) groups is 2. The highest BCUT2D eigenvalue weighted by molar-refractivity contribution is 6.01. The first-order chi connectivity index (χ1) is 14.9. The number of rotatable bonds is 3. The number of amides is 1. The molecule has 3 aromatic carbocycles. The summed E-state index contributed by atoms with van der Waals surface area (Å²) >= 11 is 0. The normalized spacial score (nSPS) is 14.8. The Morgan fingerprint density at radius 3 is 2.16 bits per heavy atom. The van der Waals surface area contributed by atoms with Crippen molar-refractivity contribution in [3.8, 4) is 23.0 Å². The summed E-state index contributed by atoms with van der Waals surface area (Å²) in [7, 11) is 0. The van der Waals surface area contributed by atoms with Crippen molar-refractivity contribution < 1.29 is 29.3 Å². The van der Waals surface area contributed by atoms with Gasteiger partial charge in [-0.05, 0) is 42.8 Å². The van der Waals surface area contributed by atoms with E-state index in [4.69, 9.17) is 9.47 Å². The van der Waals surface area contributed by atoms with Crippen molar-refractivity contribution in [2.75, 3.05) is 6.54 Å². The van der Waals surface area contributed by atoms with Crippen LogP contribution in [0.25, 0.3) is 0 Å². The highest BCUT2D eigenvalue weighted by Gasteiger charge is 2.53. The summed E-state index contributed by atoms with van der Waals surface area (Å²) in [6.45, 7) is 2.50. The van der Waals surface area contributed by atoms with Crippen molar-refractivity contribution in [1.29, 1.82) is 0 Å². The minimum absolute atomic E-state index is 0.00927. The molecule has 0 unspecified atom stereocenters. The van der Waals surface area contributed by atoms with Crippen molar-refractivity contribution in [2.45, 2.75) is 18.9 Å². The van der Waals surface area contributed by atoms with E-state index in [1.54, 1.807) is 24.3 Å². The second kappa shape index (κ2) is 6.77. The van der Waals surface area contributed by atoms with Crippen molar-refractivity contribution >= 4 is 11.9 Å². The molecule has 0 bridgehead atoms. The zero-order chi connectivity index (χ0) is 21.8. The lowest BCUT2D eigenvalue weighted by Gasteiger charge is -2.36. The van der Waals surface area contributed by atoms with E-state index in [0.717, 1.165) is 6.42 Å². The molecule has 1 amide bonds. The second-order valence-corrected chi connectivity index (χ2v) is 7.55. The molecule has 0 aromatic heterocycles. The van der Waals surface area contributed by atoms with Crippen LogP contribution in [0.5, 0.6) is 23.0 Å². The Hall–Kier alpha value is -4.00. The maximum absolute atomic E-state index is 13.0. The molecule has 2 heterocycles. The molecule has 3 N–H and O–H groups in total. The number of esters is 1. The third kappa shape index (κ3) is 2.73. The van der Waals surface area contributed by atoms with E-state index in [1.165, 1.54) is 30.3 Å². The summed E-state index contributed by atoms with van der Waals surface area (Å²) in [6, 6.07) is 14.0. The average Bonchev–Trinajstić information content (AvgIpc) is 3.04. The number of ether oxygens (including phenoxy) is 2. The van der Waals surface area contributed by atoms with E-state index in [0.29, 0.717) is 40.3 Å². The van der Waals surface area contributed by atoms with Gasteiger partial charge in [0.15, 0.2) is 5.60 Å². The van der Waals surface area contributed by atoms with Gasteiger partial charge in [0.25, 0.3) is 5.91 Å². The molecule has 2 aliphatic heterocycles. The van der Waals surface area contributed by atoms with Crippen LogP contribution in [0.2, 0.25) is 0 Å². The van der Waals surface area contributed by atoms with Crippen LogP contribution in [0.1, 0.15) is 50.8 Å². The molecule has 3 aromatic rings. The molecule has 7 nitrogen and oxygen atoms in total. The minimum Gasteiger partial charge on any atom is -0.508 e. The third-order valence-electron chi connectivity index (χ3n) is 5.57. The molecule has 0 fully saturated rings. The van der Waals surface area contributed by atoms with Gasteiger partial charge < -0.3 is 25.0 Å². The molecular formula is C24H19NO6. The highest BCUT2D eigenvalue weighted by atomic mass is 16.6. The van der Waals surface area contributed by atoms with Gasteiger partial charge in [-0.2, -0.15) is 0 Å². The molecule has 31 heavy (non-hydrogen) atoms. The maximum Gasteiger partial charge on any atom is 0.340 e. The van der Waals surface area contributed by atoms with Crippen molar-refractivity contribution in [1.82, 2.24) is 5.32 Å². The van der Waals surface area contributed by atoms with E-state index in [-0.39, 0.29) is 23.0 Å². The van der Waals surface area contributed by atoms with Crippen LogP contribution in [0.4, 0.5) is 0 Å². The van der Waals surface area contributed by atoms with Crippen LogP contribution in [-0.4, -0.2) is 28.6 Å². The smallest absolute Gasteiger partial charge is 0.340 e. The molecular weight excluding hydrogens is 398 g/mol. The lowest BCUT2D eigenvalue weighted by molar-refractivity contribution is 0.0224. The fraction of sp³-hybridized carbons (Fsp3) is 0.167. The van der Waals surface area contributed by atoms with Crippen molar-refractivity contribution in [3.05, 3.63) is 82.4 Å². The standard InChI is InChI=1S/C24H19NO6/c1-2-9-25-22(28)13-3-6-17-16(10-13)23(29)31-24(17)18-7-4-14(26)11-20(18)30-21-12-15(27)5-8-19(21)24/h3-8,10-12,26-27H,2,9H2,1H3,(H,25,28). The molecule has 156 valence electrons. The topological polar surface area (TPSA) is 105 Å². The first-order valence-corrected chi connectivity index (χ1v) is 9.95. The Balaban J connectivity index is 1.73. The number of phenolic OH excluding ortho intramolecular Hbond substituents is 2. The zero-order valence-electron chi connectivity index (χ0n) is 16.6. The first-order valence-electron chi connectivity index (χ1n) is 9.95. The van der Waals surface area contributed by atoms with E-state index < -0.39 is 11.6 Å². The van der Waals surface area contributed by atoms with E-state index in [9.17, 15) is 19.8 Å². The largest absolute Gasteiger partial charge is 0.508 e. The Morgan fingerprint density at radius 2 is 1.55 bits per heavy atom. The fourth-order valence-electron chi connectivity index (χ4n) is 4.19. The predicted octanol–water partition coefficient (Wildman–Crippen LogP) is 3.81. The molecule has 0 saturated heterocycles. The van der Waals surface area contributed by atoms with Gasteiger partial charge >= 0.3 is 5.97 Å². The van der Waals surface area contributed by atoms with Crippen LogP contribution in [0.15, 0.2) is 54.6 Å². The summed E-state index contributed by atoms with van der Waals surface area (Å²) < 4.78 is 11.9. The molecule has 2 aliphatic rings. The SMILES string of the molecule is CCCNC(=O)c1ccc2c(c1)C(=O)OC21c2ccc(O)cc2Oc2cc(O)ccc21. The number of aromatic hydroxyl groups is 2. The van der Waals surface area contributed by atoms with E-state index in [1.807, 2.05) is 6.92 Å². The number of carbonyl (C=O) groups excluding carboxylic acids is 2. The minimum atomic E-state index is -1.32. The molecule has 5 rings (SSSR count). The summed E-state index contributed by atoms with van der Waals surface area (Å²) in [5.41, 5.74) is 0.966. The van der Waals surface area contributed by atoms with Gasteiger partial charge in [-0.3, -0.25) is 4.79 Å². The van der Waals surface area contributed by atoms with Gasteiger partial charge in [0.05, 0.1) is 5.56 Å². The molecule has 1 spiro atoms. The van der Waals surface area contributed by atoms with Gasteiger partial charge in [0, 0.05) is 40.9 Å². The Morgan fingerprint density at radius 1 is 0.935 bits per heavy atom. The van der Waals surface area contributed by atoms with E-state index in [2.05, 4.69) is 5.32 Å². The predicted molar refractivity (Wildman–Crippen MR) is 111 cm³/mol. The number of nitrogens with one attached hydrogen (secondary N) is 1. The van der Waals surface area contributed by atoms with Gasteiger partial charge in [-0.25, -0.2) is 4.79 Å². The van der Waals surface area contributed by atoms with Crippen LogP contribution in [0.3, 0.4) is 0 Å². The lowest BCUT2D eigenvalue weighted by atomic mass is 9.77. The Kier molecular flexibility index (Phi) is 4.15. The Bertz CT molecular complexity index is 1200. The zero-order valence-corrected chi connectivity index (χ0v) is 16.6. The van der Waals surface area contributed by atoms with Crippen LogP contribution >= 0.6 is 0 Å². The number of benzene rings is 3. The second-order valence-electron chi connectivity index (χ2n) is 7.55. The van der Waals surface area contributed by atoms with Crippen LogP contribution in [0, 0.1) is 0 Å². The molecule has 0 saturated carbocycles. The molecule has 7 heteroatoms. The highest BCUT2D eigenvalue weighted by Crippen LogP contribution is 2.57. The summed E-state index contributed by atoms with van der Waals surface area (Å²) in [4.78, 5) is 25.4. The van der Waals surface area contributed by atoms with Crippen LogP contribution < -0.4 is 10.1 Å². The number of hydrogen-bond acceptors (Lipinski definition) is 6. The number of fused-ring (bicyclic) bond motifs is 6.